The summed E-state index contributed by atoms with van der Waals surface area (Å²) in [6, 6.07) is 0.418. The molecule has 1 aromatic heterocycles. The van der Waals surface area contributed by atoms with Crippen LogP contribution >= 0.6 is 0 Å². The highest BCUT2D eigenvalue weighted by Gasteiger charge is 2.22. The maximum Gasteiger partial charge on any atom is 0.109 e. The Morgan fingerprint density at radius 1 is 1.38 bits per heavy atom. The van der Waals surface area contributed by atoms with Crippen molar-refractivity contribution in [2.75, 3.05) is 0 Å². The van der Waals surface area contributed by atoms with E-state index in [9.17, 15) is 0 Å². The van der Waals surface area contributed by atoms with Gasteiger partial charge in [-0.3, -0.25) is 0 Å². The first-order valence-electron chi connectivity index (χ1n) is 6.44. The topological polar surface area (TPSA) is 54.7 Å². The second-order valence-electron chi connectivity index (χ2n) is 5.50. The second kappa shape index (κ2) is 5.00. The first-order chi connectivity index (χ1) is 7.65. The van der Waals surface area contributed by atoms with Crippen LogP contribution in [0.2, 0.25) is 0 Å². The van der Waals surface area contributed by atoms with E-state index >= 15 is 0 Å². The van der Waals surface area contributed by atoms with Crippen LogP contribution in [0.15, 0.2) is 6.20 Å². The summed E-state index contributed by atoms with van der Waals surface area (Å²) in [6.07, 6.45) is 7.77. The standard InChI is InChI=1S/C13H23N3/c1-9(2)7-12-8-15-13(16-12)10-3-5-11(14)6-4-10/h8-11H,3-7,14H2,1-2H3,(H,15,16). The minimum absolute atomic E-state index is 0.418. The normalized spacial score (nSPS) is 26.2. The molecule has 1 aliphatic carbocycles. The number of imidazole rings is 1. The summed E-state index contributed by atoms with van der Waals surface area (Å²) >= 11 is 0. The molecule has 0 spiro atoms. The van der Waals surface area contributed by atoms with Gasteiger partial charge >= 0.3 is 0 Å². The molecule has 3 nitrogen and oxygen atoms in total. The highest BCUT2D eigenvalue weighted by molar-refractivity contribution is 5.07. The molecular weight excluding hydrogens is 198 g/mol. The average Bonchev–Trinajstić information content (AvgIpc) is 2.66. The molecule has 1 fully saturated rings. The van der Waals surface area contributed by atoms with Crippen molar-refractivity contribution in [2.24, 2.45) is 11.7 Å². The van der Waals surface area contributed by atoms with Gasteiger partial charge in [0.25, 0.3) is 0 Å². The molecule has 0 radical (unpaired) electrons. The minimum atomic E-state index is 0.418. The lowest BCUT2D eigenvalue weighted by Gasteiger charge is -2.24. The summed E-state index contributed by atoms with van der Waals surface area (Å²) in [5.74, 6) is 2.48. The van der Waals surface area contributed by atoms with Crippen molar-refractivity contribution in [3.63, 3.8) is 0 Å². The van der Waals surface area contributed by atoms with Gasteiger partial charge in [0, 0.05) is 23.9 Å². The third kappa shape index (κ3) is 2.85. The van der Waals surface area contributed by atoms with E-state index in [1.807, 2.05) is 6.20 Å². The fourth-order valence-electron chi connectivity index (χ4n) is 2.52. The maximum absolute atomic E-state index is 5.92. The molecule has 0 unspecified atom stereocenters. The monoisotopic (exact) mass is 221 g/mol. The minimum Gasteiger partial charge on any atom is -0.346 e. The predicted molar refractivity (Wildman–Crippen MR) is 66.3 cm³/mol. The largest absolute Gasteiger partial charge is 0.346 e. The van der Waals surface area contributed by atoms with Crippen molar-refractivity contribution < 1.29 is 0 Å². The van der Waals surface area contributed by atoms with Crippen molar-refractivity contribution in [3.05, 3.63) is 17.7 Å². The highest BCUT2D eigenvalue weighted by Crippen LogP contribution is 2.30. The van der Waals surface area contributed by atoms with Crippen LogP contribution in [0.4, 0.5) is 0 Å². The van der Waals surface area contributed by atoms with E-state index in [1.54, 1.807) is 0 Å². The Balaban J connectivity index is 1.96. The molecule has 1 saturated carbocycles. The molecule has 0 aromatic carbocycles. The summed E-state index contributed by atoms with van der Waals surface area (Å²) < 4.78 is 0. The van der Waals surface area contributed by atoms with Crippen molar-refractivity contribution in [2.45, 2.75) is 57.9 Å². The van der Waals surface area contributed by atoms with Crippen LogP contribution < -0.4 is 5.73 Å². The quantitative estimate of drug-likeness (QED) is 0.824. The van der Waals surface area contributed by atoms with Gasteiger partial charge in [-0.1, -0.05) is 13.8 Å². The average molecular weight is 221 g/mol. The second-order valence-corrected chi connectivity index (χ2v) is 5.50. The maximum atomic E-state index is 5.92. The number of aromatic nitrogens is 2. The molecule has 90 valence electrons. The highest BCUT2D eigenvalue weighted by atomic mass is 14.9. The molecule has 3 N–H and O–H groups in total. The Bertz CT molecular complexity index is 322. The van der Waals surface area contributed by atoms with Crippen LogP contribution in [0.3, 0.4) is 0 Å². The summed E-state index contributed by atoms with van der Waals surface area (Å²) in [4.78, 5) is 8.00. The number of nitrogens with two attached hydrogens (primary N) is 1. The Labute approximate surface area is 97.8 Å². The number of rotatable bonds is 3. The van der Waals surface area contributed by atoms with Gasteiger partial charge in [0.1, 0.15) is 5.82 Å². The third-order valence-corrected chi connectivity index (χ3v) is 3.43. The SMILES string of the molecule is CC(C)Cc1cnc(C2CCC(N)CC2)[nH]1. The molecule has 16 heavy (non-hydrogen) atoms. The molecule has 0 bridgehead atoms. The van der Waals surface area contributed by atoms with Gasteiger partial charge in [-0.05, 0) is 38.0 Å². The van der Waals surface area contributed by atoms with Crippen molar-refractivity contribution in [1.29, 1.82) is 0 Å². The molecule has 0 saturated heterocycles. The van der Waals surface area contributed by atoms with Gasteiger partial charge in [0.05, 0.1) is 0 Å². The van der Waals surface area contributed by atoms with Crippen LogP contribution in [0, 0.1) is 5.92 Å². The van der Waals surface area contributed by atoms with Crippen molar-refractivity contribution >= 4 is 0 Å². The summed E-state index contributed by atoms with van der Waals surface area (Å²) in [5, 5.41) is 0. The van der Waals surface area contributed by atoms with Crippen LogP contribution in [0.1, 0.15) is 57.0 Å². The number of H-pyrrole nitrogens is 1. The molecule has 0 aliphatic heterocycles. The molecular formula is C13H23N3. The van der Waals surface area contributed by atoms with Gasteiger partial charge in [0.2, 0.25) is 0 Å². The van der Waals surface area contributed by atoms with Gasteiger partial charge < -0.3 is 10.7 Å². The van der Waals surface area contributed by atoms with Gasteiger partial charge in [-0.2, -0.15) is 0 Å². The summed E-state index contributed by atoms with van der Waals surface area (Å²) in [7, 11) is 0. The van der Waals surface area contributed by atoms with E-state index in [0.29, 0.717) is 17.9 Å². The molecule has 3 heteroatoms. The Morgan fingerprint density at radius 3 is 2.69 bits per heavy atom. The molecule has 0 atom stereocenters. The number of hydrogen-bond donors (Lipinski definition) is 2. The molecule has 0 amide bonds. The van der Waals surface area contributed by atoms with Gasteiger partial charge in [-0.15, -0.1) is 0 Å². The molecule has 1 heterocycles. The first kappa shape index (κ1) is 11.6. The molecule has 1 aliphatic rings. The Kier molecular flexibility index (Phi) is 3.64. The lowest BCUT2D eigenvalue weighted by Crippen LogP contribution is -2.26. The third-order valence-electron chi connectivity index (χ3n) is 3.43. The summed E-state index contributed by atoms with van der Waals surface area (Å²) in [6.45, 7) is 4.47. The number of aromatic amines is 1. The van der Waals surface area contributed by atoms with E-state index in [2.05, 4.69) is 23.8 Å². The lowest BCUT2D eigenvalue weighted by molar-refractivity contribution is 0.386. The Morgan fingerprint density at radius 2 is 2.06 bits per heavy atom. The number of hydrogen-bond acceptors (Lipinski definition) is 2. The predicted octanol–water partition coefficient (Wildman–Crippen LogP) is 2.59. The number of nitrogens with zero attached hydrogens (tertiary/aromatic N) is 1. The zero-order chi connectivity index (χ0) is 11.5. The summed E-state index contributed by atoms with van der Waals surface area (Å²) in [5.41, 5.74) is 7.19. The molecule has 2 rings (SSSR count). The van der Waals surface area contributed by atoms with Crippen molar-refractivity contribution in [3.8, 4) is 0 Å². The first-order valence-corrected chi connectivity index (χ1v) is 6.44. The van der Waals surface area contributed by atoms with Crippen LogP contribution in [-0.4, -0.2) is 16.0 Å². The van der Waals surface area contributed by atoms with E-state index < -0.39 is 0 Å². The zero-order valence-electron chi connectivity index (χ0n) is 10.4. The smallest absolute Gasteiger partial charge is 0.109 e. The van der Waals surface area contributed by atoms with E-state index in [4.69, 9.17) is 5.73 Å². The Hall–Kier alpha value is -0.830. The fourth-order valence-corrected chi connectivity index (χ4v) is 2.52. The van der Waals surface area contributed by atoms with Crippen molar-refractivity contribution in [1.82, 2.24) is 9.97 Å². The van der Waals surface area contributed by atoms with Crippen LogP contribution in [-0.2, 0) is 6.42 Å². The van der Waals surface area contributed by atoms with E-state index in [0.717, 1.165) is 19.3 Å². The van der Waals surface area contributed by atoms with Gasteiger partial charge in [0.15, 0.2) is 0 Å². The number of nitrogens with one attached hydrogen (secondary N) is 1. The van der Waals surface area contributed by atoms with Gasteiger partial charge in [-0.25, -0.2) is 4.98 Å². The van der Waals surface area contributed by atoms with Crippen LogP contribution in [0.5, 0.6) is 0 Å². The fraction of sp³-hybridized carbons (Fsp3) is 0.769. The lowest BCUT2D eigenvalue weighted by atomic mass is 9.86. The van der Waals surface area contributed by atoms with Crippen LogP contribution in [0.25, 0.3) is 0 Å². The van der Waals surface area contributed by atoms with E-state index in [1.165, 1.54) is 24.4 Å². The zero-order valence-corrected chi connectivity index (χ0v) is 10.4. The van der Waals surface area contributed by atoms with E-state index in [-0.39, 0.29) is 0 Å². The molecule has 1 aromatic rings.